The number of hydrogen-bond donors (Lipinski definition) is 4. The zero-order valence-electron chi connectivity index (χ0n) is 23.8. The quantitative estimate of drug-likeness (QED) is 0.155. The molecule has 45 heavy (non-hydrogen) atoms. The Morgan fingerprint density at radius 2 is 1.02 bits per heavy atom. The number of hydrogen-bond acceptors (Lipinski definition) is 8. The van der Waals surface area contributed by atoms with E-state index in [0.717, 1.165) is 5.56 Å². The number of ether oxygens (including phenoxy) is 2. The number of esters is 2. The molecule has 0 saturated carbocycles. The molecule has 12 nitrogen and oxygen atoms in total. The monoisotopic (exact) mass is 609 g/mol. The summed E-state index contributed by atoms with van der Waals surface area (Å²) in [7, 11) is 0. The number of benzene rings is 4. The molecule has 4 N–H and O–H groups in total. The van der Waals surface area contributed by atoms with Crippen molar-refractivity contribution in [1.29, 1.82) is 0 Å². The average molecular weight is 610 g/mol. The zero-order valence-corrected chi connectivity index (χ0v) is 23.8. The van der Waals surface area contributed by atoms with Crippen molar-refractivity contribution in [2.24, 2.45) is 0 Å². The van der Waals surface area contributed by atoms with Crippen LogP contribution in [0.15, 0.2) is 109 Å². The van der Waals surface area contributed by atoms with Gasteiger partial charge in [-0.25, -0.2) is 14.4 Å². The molecule has 2 atom stereocenters. The highest BCUT2D eigenvalue weighted by Crippen LogP contribution is 2.15. The molecule has 228 valence electrons. The van der Waals surface area contributed by atoms with Crippen LogP contribution in [0.25, 0.3) is 0 Å². The molecule has 12 heteroatoms. The van der Waals surface area contributed by atoms with E-state index in [9.17, 15) is 33.9 Å². The third-order valence-corrected chi connectivity index (χ3v) is 6.28. The van der Waals surface area contributed by atoms with Crippen LogP contribution in [0.4, 0.5) is 5.69 Å². The normalized spacial score (nSPS) is 11.7. The van der Waals surface area contributed by atoms with Crippen LogP contribution in [0.5, 0.6) is 0 Å². The standard InChI is InChI=1S/C33H27N3O9/c1-20-12-14-21(15-13-20)28(37)34-25-18-16-22(17-19-25)29(38)35-36-30(39)26(44-32(42)23-8-4-2-5-9-23)27(31(40)41)45-33(43)24-10-6-3-7-11-24/h2-19,26-27H,1H3,(H,34,37)(H,35,38)(H,36,39)(H,40,41)/t26-,27+/m1/s1. The number of carboxylic acids is 1. The summed E-state index contributed by atoms with van der Waals surface area (Å²) < 4.78 is 10.3. The number of nitrogens with one attached hydrogen (secondary N) is 3. The van der Waals surface area contributed by atoms with Gasteiger partial charge in [-0.1, -0.05) is 54.1 Å². The second kappa shape index (κ2) is 14.7. The third-order valence-electron chi connectivity index (χ3n) is 6.28. The first-order chi connectivity index (χ1) is 21.6. The number of carbonyl (C=O) groups excluding carboxylic acids is 5. The highest BCUT2D eigenvalue weighted by Gasteiger charge is 2.41. The fourth-order valence-electron chi connectivity index (χ4n) is 3.88. The molecule has 0 fully saturated rings. The van der Waals surface area contributed by atoms with Crippen LogP contribution in [0.1, 0.15) is 47.0 Å². The summed E-state index contributed by atoms with van der Waals surface area (Å²) in [5.41, 5.74) is 6.02. The second-order valence-electron chi connectivity index (χ2n) is 9.56. The Morgan fingerprint density at radius 1 is 0.556 bits per heavy atom. The molecule has 0 spiro atoms. The maximum Gasteiger partial charge on any atom is 0.349 e. The van der Waals surface area contributed by atoms with Crippen LogP contribution >= 0.6 is 0 Å². The van der Waals surface area contributed by atoms with Gasteiger partial charge in [-0.15, -0.1) is 0 Å². The molecular weight excluding hydrogens is 582 g/mol. The van der Waals surface area contributed by atoms with E-state index >= 15 is 0 Å². The predicted molar refractivity (Wildman–Crippen MR) is 160 cm³/mol. The number of rotatable bonds is 10. The Labute approximate surface area is 256 Å². The van der Waals surface area contributed by atoms with Gasteiger partial charge in [-0.2, -0.15) is 0 Å². The molecule has 0 bridgehead atoms. The summed E-state index contributed by atoms with van der Waals surface area (Å²) in [6, 6.07) is 27.5. The maximum atomic E-state index is 13.1. The Bertz CT molecular complexity index is 1690. The number of carboxylic acid groups (broad SMARTS) is 1. The Kier molecular flexibility index (Phi) is 10.4. The van der Waals surface area contributed by atoms with E-state index in [1.54, 1.807) is 36.4 Å². The summed E-state index contributed by atoms with van der Waals surface area (Å²) in [6.07, 6.45) is -4.48. The molecule has 4 aromatic rings. The van der Waals surface area contributed by atoms with Crippen LogP contribution in [-0.4, -0.2) is 52.9 Å². The van der Waals surface area contributed by atoms with Crippen molar-refractivity contribution < 1.29 is 43.3 Å². The number of carbonyl (C=O) groups is 6. The van der Waals surface area contributed by atoms with Crippen LogP contribution in [0, 0.1) is 6.92 Å². The van der Waals surface area contributed by atoms with Crippen molar-refractivity contribution in [1.82, 2.24) is 10.9 Å². The highest BCUT2D eigenvalue weighted by atomic mass is 16.6. The van der Waals surface area contributed by atoms with E-state index in [4.69, 9.17) is 9.47 Å². The minimum Gasteiger partial charge on any atom is -0.478 e. The number of aryl methyl sites for hydroxylation is 1. The molecule has 0 aliphatic heterocycles. The molecule has 0 heterocycles. The van der Waals surface area contributed by atoms with Crippen molar-refractivity contribution in [3.05, 3.63) is 137 Å². The van der Waals surface area contributed by atoms with E-state index < -0.39 is 41.9 Å². The Balaban J connectivity index is 1.45. The lowest BCUT2D eigenvalue weighted by Gasteiger charge is -2.23. The van der Waals surface area contributed by atoms with Crippen molar-refractivity contribution in [2.45, 2.75) is 19.1 Å². The van der Waals surface area contributed by atoms with Gasteiger partial charge in [0.1, 0.15) is 0 Å². The summed E-state index contributed by atoms with van der Waals surface area (Å²) >= 11 is 0. The molecule has 3 amide bonds. The molecule has 0 aliphatic rings. The Morgan fingerprint density at radius 3 is 1.53 bits per heavy atom. The van der Waals surface area contributed by atoms with Crippen LogP contribution < -0.4 is 16.2 Å². The van der Waals surface area contributed by atoms with E-state index in [1.807, 2.05) is 12.3 Å². The highest BCUT2D eigenvalue weighted by molar-refractivity contribution is 6.05. The molecule has 0 aromatic heterocycles. The van der Waals surface area contributed by atoms with Crippen molar-refractivity contribution >= 4 is 41.3 Å². The van der Waals surface area contributed by atoms with E-state index in [0.29, 0.717) is 11.3 Å². The molecule has 0 unspecified atom stereocenters. The average Bonchev–Trinajstić information content (AvgIpc) is 3.06. The van der Waals surface area contributed by atoms with Gasteiger partial charge in [0, 0.05) is 16.8 Å². The van der Waals surface area contributed by atoms with Crippen LogP contribution in [-0.2, 0) is 19.1 Å². The molecule has 0 radical (unpaired) electrons. The topological polar surface area (TPSA) is 177 Å². The SMILES string of the molecule is Cc1ccc(C(=O)Nc2ccc(C(=O)NNC(=O)[C@H](OC(=O)c3ccccc3)[C@H](OC(=O)c3ccccc3)C(=O)O)cc2)cc1. The summed E-state index contributed by atoms with van der Waals surface area (Å²) in [5.74, 6) is -6.40. The molecule has 4 aromatic carbocycles. The van der Waals surface area contributed by atoms with Crippen molar-refractivity contribution in [3.8, 4) is 0 Å². The first-order valence-corrected chi connectivity index (χ1v) is 13.5. The summed E-state index contributed by atoms with van der Waals surface area (Å²) in [5, 5.41) is 12.5. The van der Waals surface area contributed by atoms with E-state index in [-0.39, 0.29) is 22.6 Å². The number of hydrazine groups is 1. The van der Waals surface area contributed by atoms with Crippen molar-refractivity contribution in [3.63, 3.8) is 0 Å². The van der Waals surface area contributed by atoms with Gasteiger partial charge in [0.15, 0.2) is 0 Å². The van der Waals surface area contributed by atoms with Crippen molar-refractivity contribution in [2.75, 3.05) is 5.32 Å². The molecule has 0 aliphatic carbocycles. The van der Waals surface area contributed by atoms with E-state index in [2.05, 4.69) is 10.7 Å². The van der Waals surface area contributed by atoms with Gasteiger partial charge in [0.2, 0.25) is 12.2 Å². The minimum absolute atomic E-state index is 0.00702. The lowest BCUT2D eigenvalue weighted by Crippen LogP contribution is -2.54. The lowest BCUT2D eigenvalue weighted by molar-refractivity contribution is -0.159. The minimum atomic E-state index is -2.28. The smallest absolute Gasteiger partial charge is 0.349 e. The fourth-order valence-corrected chi connectivity index (χ4v) is 3.88. The molecule has 4 rings (SSSR count). The first kappa shape index (κ1) is 31.6. The number of anilines is 1. The summed E-state index contributed by atoms with van der Waals surface area (Å²) in [6.45, 7) is 1.90. The molecular formula is C33H27N3O9. The van der Waals surface area contributed by atoms with Crippen LogP contribution in [0.3, 0.4) is 0 Å². The van der Waals surface area contributed by atoms with Crippen LogP contribution in [0.2, 0.25) is 0 Å². The van der Waals surface area contributed by atoms with E-state index in [1.165, 1.54) is 72.8 Å². The fraction of sp³-hybridized carbons (Fsp3) is 0.0909. The number of amides is 3. The Hall–Kier alpha value is -6.30. The van der Waals surface area contributed by atoms with Gasteiger partial charge in [0.25, 0.3) is 17.7 Å². The molecule has 0 saturated heterocycles. The maximum absolute atomic E-state index is 13.1. The van der Waals surface area contributed by atoms with Gasteiger partial charge >= 0.3 is 17.9 Å². The van der Waals surface area contributed by atoms with Gasteiger partial charge in [-0.3, -0.25) is 25.2 Å². The zero-order chi connectivity index (χ0) is 32.3. The predicted octanol–water partition coefficient (Wildman–Crippen LogP) is 3.54. The van der Waals surface area contributed by atoms with Gasteiger partial charge < -0.3 is 19.9 Å². The first-order valence-electron chi connectivity index (χ1n) is 13.5. The van der Waals surface area contributed by atoms with Gasteiger partial charge in [0.05, 0.1) is 11.1 Å². The second-order valence-corrected chi connectivity index (χ2v) is 9.56. The third kappa shape index (κ3) is 8.61. The summed E-state index contributed by atoms with van der Waals surface area (Å²) in [4.78, 5) is 75.9. The number of aliphatic carboxylic acids is 1. The largest absolute Gasteiger partial charge is 0.478 e. The van der Waals surface area contributed by atoms with Gasteiger partial charge in [-0.05, 0) is 67.6 Å². The lowest BCUT2D eigenvalue weighted by atomic mass is 10.1.